The highest BCUT2D eigenvalue weighted by Gasteiger charge is 2.24. The van der Waals surface area contributed by atoms with Gasteiger partial charge in [0.1, 0.15) is 11.6 Å². The van der Waals surface area contributed by atoms with E-state index in [4.69, 9.17) is 0 Å². The summed E-state index contributed by atoms with van der Waals surface area (Å²) in [5, 5.41) is 13.3. The number of pyridine rings is 1. The van der Waals surface area contributed by atoms with Crippen molar-refractivity contribution in [2.24, 2.45) is 12.2 Å². The van der Waals surface area contributed by atoms with Gasteiger partial charge in [0.15, 0.2) is 0 Å². The van der Waals surface area contributed by atoms with Gasteiger partial charge in [-0.05, 0) is 59.0 Å². The number of carbonyl (C=O) groups is 1. The van der Waals surface area contributed by atoms with Crippen molar-refractivity contribution in [2.45, 2.75) is 34.1 Å². The Morgan fingerprint density at radius 2 is 1.60 bits per heavy atom. The third-order valence-corrected chi connectivity index (χ3v) is 6.58. The van der Waals surface area contributed by atoms with Gasteiger partial charge in [0.05, 0.1) is 18.4 Å². The molecule has 8 heteroatoms. The van der Waals surface area contributed by atoms with E-state index in [9.17, 15) is 19.2 Å². The molecule has 0 spiro atoms. The summed E-state index contributed by atoms with van der Waals surface area (Å²) in [6.45, 7) is 1.92. The number of aromatic nitrogens is 1. The molecule has 0 bridgehead atoms. The minimum atomic E-state index is -0.795. The monoisotopic (exact) mass is 548 g/mol. The zero-order valence-corrected chi connectivity index (χ0v) is 21.1. The highest BCUT2D eigenvalue weighted by Crippen LogP contribution is 2.35. The Morgan fingerprint density at radius 1 is 0.950 bits per heavy atom. The van der Waals surface area contributed by atoms with Crippen LogP contribution in [0.1, 0.15) is 59.8 Å². The van der Waals surface area contributed by atoms with Crippen LogP contribution < -0.4 is 5.56 Å². The van der Waals surface area contributed by atoms with Crippen LogP contribution >= 0.6 is 0 Å². The van der Waals surface area contributed by atoms with Crippen molar-refractivity contribution in [3.63, 3.8) is 0 Å². The number of esters is 1. The van der Waals surface area contributed by atoms with Gasteiger partial charge in [-0.2, -0.15) is 0 Å². The normalized spacial score (nSPS) is 11.7. The number of halogens is 2. The third kappa shape index (κ3) is 6.51. The van der Waals surface area contributed by atoms with E-state index in [1.54, 1.807) is 31.4 Å². The third-order valence-electron chi connectivity index (χ3n) is 6.58. The molecule has 0 aliphatic heterocycles. The van der Waals surface area contributed by atoms with E-state index in [0.717, 1.165) is 17.2 Å². The van der Waals surface area contributed by atoms with Crippen molar-refractivity contribution in [1.29, 1.82) is 0 Å². The number of ether oxygens (including phenoxy) is 1. The van der Waals surface area contributed by atoms with Gasteiger partial charge >= 0.3 is 5.97 Å². The first-order valence-corrected chi connectivity index (χ1v) is 11.8. The molecular weight excluding hydrogens is 514 g/mol. The van der Waals surface area contributed by atoms with Gasteiger partial charge < -0.3 is 14.5 Å². The smallest absolute Gasteiger partial charge is 0.340 e. The minimum absolute atomic E-state index is 0. The standard InChI is InChI=1S/C30H26F2N2O4.2CH4/c1-18-6-4-5-7-22(18)25(16-28(33-37)21-10-13-29(35)34(2)17-21)23-11-8-19(14-26(23)31)20-9-12-24(27(32)15-20)30(36)38-3;;/h4-15,17,25,37H,16H2,1-3H3;2*1H4/b33-28+;;. The maximum absolute atomic E-state index is 15.7. The number of aryl methyl sites for hydroxylation is 2. The van der Waals surface area contributed by atoms with Crippen LogP contribution in [0, 0.1) is 18.6 Å². The number of oxime groups is 1. The summed E-state index contributed by atoms with van der Waals surface area (Å²) in [4.78, 5) is 23.5. The van der Waals surface area contributed by atoms with Crippen LogP contribution in [-0.2, 0) is 11.8 Å². The molecule has 0 amide bonds. The summed E-state index contributed by atoms with van der Waals surface area (Å²) in [6, 6.07) is 19.1. The topological polar surface area (TPSA) is 80.9 Å². The molecule has 4 aromatic rings. The first kappa shape index (κ1) is 31.6. The molecule has 210 valence electrons. The number of rotatable bonds is 7. The van der Waals surface area contributed by atoms with Crippen LogP contribution in [0.4, 0.5) is 8.78 Å². The molecule has 0 saturated carbocycles. The van der Waals surface area contributed by atoms with E-state index >= 15 is 4.39 Å². The number of hydrogen-bond donors (Lipinski definition) is 1. The van der Waals surface area contributed by atoms with Gasteiger partial charge in [0.2, 0.25) is 5.56 Å². The van der Waals surface area contributed by atoms with Gasteiger partial charge in [0.25, 0.3) is 0 Å². The number of nitrogens with zero attached hydrogens (tertiary/aromatic N) is 2. The van der Waals surface area contributed by atoms with E-state index in [0.29, 0.717) is 22.3 Å². The second-order valence-electron chi connectivity index (χ2n) is 8.95. The second-order valence-corrected chi connectivity index (χ2v) is 8.95. The predicted molar refractivity (Wildman–Crippen MR) is 154 cm³/mol. The van der Waals surface area contributed by atoms with Gasteiger partial charge in [-0.25, -0.2) is 13.6 Å². The highest BCUT2D eigenvalue weighted by atomic mass is 19.1. The van der Waals surface area contributed by atoms with Crippen molar-refractivity contribution < 1.29 is 23.5 Å². The Kier molecular flexibility index (Phi) is 10.6. The van der Waals surface area contributed by atoms with E-state index in [-0.39, 0.29) is 38.1 Å². The molecule has 0 fully saturated rings. The maximum atomic E-state index is 15.7. The quantitative estimate of drug-likeness (QED) is 0.116. The number of methoxy groups -OCH3 is 1. The molecule has 4 rings (SSSR count). The zero-order valence-electron chi connectivity index (χ0n) is 21.1. The highest BCUT2D eigenvalue weighted by molar-refractivity contribution is 6.00. The van der Waals surface area contributed by atoms with Crippen LogP contribution in [0.5, 0.6) is 0 Å². The summed E-state index contributed by atoms with van der Waals surface area (Å²) in [5.41, 5.74) is 3.37. The maximum Gasteiger partial charge on any atom is 0.340 e. The Hall–Kier alpha value is -4.59. The van der Waals surface area contributed by atoms with E-state index < -0.39 is 23.5 Å². The van der Waals surface area contributed by atoms with Gasteiger partial charge in [-0.3, -0.25) is 4.79 Å². The van der Waals surface area contributed by atoms with Gasteiger partial charge in [-0.1, -0.05) is 62.5 Å². The first-order chi connectivity index (χ1) is 18.2. The van der Waals surface area contributed by atoms with Crippen LogP contribution in [0.15, 0.2) is 88.9 Å². The van der Waals surface area contributed by atoms with Crippen molar-refractivity contribution in [1.82, 2.24) is 4.57 Å². The summed E-state index contributed by atoms with van der Waals surface area (Å²) in [6.07, 6.45) is 1.72. The average Bonchev–Trinajstić information content (AvgIpc) is 2.91. The van der Waals surface area contributed by atoms with Crippen LogP contribution in [-0.4, -0.2) is 28.6 Å². The van der Waals surface area contributed by atoms with E-state index in [1.165, 1.54) is 35.9 Å². The predicted octanol–water partition coefficient (Wildman–Crippen LogP) is 7.10. The van der Waals surface area contributed by atoms with Crippen LogP contribution in [0.2, 0.25) is 0 Å². The lowest BCUT2D eigenvalue weighted by Gasteiger charge is -2.22. The molecule has 0 radical (unpaired) electrons. The molecular formula is C32H34F2N2O4. The van der Waals surface area contributed by atoms with E-state index in [1.807, 2.05) is 31.2 Å². The molecule has 1 atom stereocenters. The average molecular weight is 549 g/mol. The number of hydrogen-bond acceptors (Lipinski definition) is 5. The molecule has 3 aromatic carbocycles. The first-order valence-electron chi connectivity index (χ1n) is 11.8. The molecule has 6 nitrogen and oxygen atoms in total. The summed E-state index contributed by atoms with van der Waals surface area (Å²) < 4.78 is 36.2. The summed E-state index contributed by atoms with van der Waals surface area (Å²) >= 11 is 0. The Bertz CT molecular complexity index is 1590. The molecule has 0 saturated heterocycles. The lowest BCUT2D eigenvalue weighted by atomic mass is 9.83. The molecule has 0 aliphatic rings. The minimum Gasteiger partial charge on any atom is -0.465 e. The van der Waals surface area contributed by atoms with Crippen molar-refractivity contribution in [3.05, 3.63) is 129 Å². The van der Waals surface area contributed by atoms with Crippen LogP contribution in [0.3, 0.4) is 0 Å². The fourth-order valence-corrected chi connectivity index (χ4v) is 4.50. The van der Waals surface area contributed by atoms with Crippen molar-refractivity contribution >= 4 is 11.7 Å². The van der Waals surface area contributed by atoms with Crippen LogP contribution in [0.25, 0.3) is 11.1 Å². The molecule has 40 heavy (non-hydrogen) atoms. The van der Waals surface area contributed by atoms with Crippen molar-refractivity contribution in [2.75, 3.05) is 7.11 Å². The molecule has 0 aliphatic carbocycles. The largest absolute Gasteiger partial charge is 0.465 e. The number of carbonyl (C=O) groups excluding carboxylic acids is 1. The SMILES string of the molecule is C.C.COC(=O)c1ccc(-c2ccc(C(C/C(=N\O)c3ccc(=O)n(C)c3)c3ccccc3C)c(F)c2)cc1F. The Labute approximate surface area is 233 Å². The number of benzene rings is 3. The molecule has 1 N–H and O–H groups in total. The fourth-order valence-electron chi connectivity index (χ4n) is 4.50. The lowest BCUT2D eigenvalue weighted by Crippen LogP contribution is -2.18. The Balaban J connectivity index is 0.00000280. The molecule has 1 aromatic heterocycles. The van der Waals surface area contributed by atoms with E-state index in [2.05, 4.69) is 9.89 Å². The molecule has 1 unspecified atom stereocenters. The molecule has 1 heterocycles. The fraction of sp³-hybridized carbons (Fsp3) is 0.219. The summed E-state index contributed by atoms with van der Waals surface area (Å²) in [5.74, 6) is -2.60. The summed E-state index contributed by atoms with van der Waals surface area (Å²) in [7, 11) is 2.76. The van der Waals surface area contributed by atoms with Crippen molar-refractivity contribution in [3.8, 4) is 11.1 Å². The van der Waals surface area contributed by atoms with Gasteiger partial charge in [-0.15, -0.1) is 0 Å². The van der Waals surface area contributed by atoms with Gasteiger partial charge in [0, 0.05) is 37.2 Å². The Morgan fingerprint density at radius 3 is 2.17 bits per heavy atom. The second kappa shape index (κ2) is 13.5. The zero-order chi connectivity index (χ0) is 27.4. The lowest BCUT2D eigenvalue weighted by molar-refractivity contribution is 0.0595.